The number of nitrogens with zero attached hydrogens (tertiary/aromatic N) is 5. The zero-order valence-corrected chi connectivity index (χ0v) is 10.1. The Labute approximate surface area is 103 Å². The van der Waals surface area contributed by atoms with E-state index in [0.29, 0.717) is 0 Å². The van der Waals surface area contributed by atoms with Crippen LogP contribution < -0.4 is 11.1 Å². The summed E-state index contributed by atoms with van der Waals surface area (Å²) in [6, 6.07) is 1.08. The highest BCUT2D eigenvalue weighted by molar-refractivity contribution is 4.88. The summed E-state index contributed by atoms with van der Waals surface area (Å²) in [7, 11) is 0. The summed E-state index contributed by atoms with van der Waals surface area (Å²) in [5.41, 5.74) is -0.555. The minimum absolute atomic E-state index is 0.125. The van der Waals surface area contributed by atoms with Crippen molar-refractivity contribution in [3.63, 3.8) is 0 Å². The lowest BCUT2D eigenvalue weighted by atomic mass is 10.2. The van der Waals surface area contributed by atoms with Crippen LogP contribution in [0.25, 0.3) is 0 Å². The molecular formula is C11H13N5O2. The summed E-state index contributed by atoms with van der Waals surface area (Å²) < 4.78 is 2.91. The molecule has 2 heterocycles. The van der Waals surface area contributed by atoms with Crippen LogP contribution in [0.1, 0.15) is 25.9 Å². The molecule has 0 N–H and O–H groups in total. The number of rotatable bonds is 3. The first-order valence-corrected chi connectivity index (χ1v) is 5.54. The Bertz CT molecular complexity index is 628. The van der Waals surface area contributed by atoms with Gasteiger partial charge < -0.3 is 0 Å². The average Bonchev–Trinajstić information content (AvgIpc) is 2.38. The highest BCUT2D eigenvalue weighted by atomic mass is 16.1. The molecule has 0 bridgehead atoms. The Hall–Kier alpha value is -2.31. The normalized spacial score (nSPS) is 14.1. The highest BCUT2D eigenvalue weighted by Gasteiger charge is 2.18. The zero-order valence-electron chi connectivity index (χ0n) is 10.1. The molecule has 0 fully saturated rings. The molecule has 94 valence electrons. The van der Waals surface area contributed by atoms with E-state index in [1.54, 1.807) is 10.9 Å². The van der Waals surface area contributed by atoms with Crippen molar-refractivity contribution in [3.05, 3.63) is 51.6 Å². The van der Waals surface area contributed by atoms with E-state index < -0.39 is 5.69 Å². The van der Waals surface area contributed by atoms with Gasteiger partial charge in [-0.15, -0.1) is 0 Å². The number of hydrogen-bond acceptors (Lipinski definition) is 5. The summed E-state index contributed by atoms with van der Waals surface area (Å²) in [6.07, 6.45) is 5.64. The summed E-state index contributed by atoms with van der Waals surface area (Å²) in [5, 5.41) is 7.98. The maximum absolute atomic E-state index is 11.6. The smallest absolute Gasteiger partial charge is 0.288 e. The van der Waals surface area contributed by atoms with E-state index in [-0.39, 0.29) is 17.5 Å². The molecule has 0 amide bonds. The first-order chi connectivity index (χ1) is 8.59. The molecule has 18 heavy (non-hydrogen) atoms. The first-order valence-electron chi connectivity index (χ1n) is 5.54. The van der Waals surface area contributed by atoms with Gasteiger partial charge in [-0.1, -0.05) is 0 Å². The van der Waals surface area contributed by atoms with Gasteiger partial charge in [0.25, 0.3) is 0 Å². The lowest BCUT2D eigenvalue weighted by Crippen LogP contribution is -2.32. The monoisotopic (exact) mass is 247 g/mol. The molecule has 0 aliphatic carbocycles. The third-order valence-electron chi connectivity index (χ3n) is 2.85. The molecule has 2 unspecified atom stereocenters. The predicted molar refractivity (Wildman–Crippen MR) is 64.2 cm³/mol. The van der Waals surface area contributed by atoms with Gasteiger partial charge in [0.1, 0.15) is 0 Å². The molecule has 0 aromatic carbocycles. The number of hydrogen-bond donors (Lipinski definition) is 0. The maximum atomic E-state index is 11.6. The average molecular weight is 247 g/mol. The Kier molecular flexibility index (Phi) is 3.31. The molecule has 2 atom stereocenters. The van der Waals surface area contributed by atoms with E-state index in [2.05, 4.69) is 15.2 Å². The molecule has 0 saturated carbocycles. The van der Waals surface area contributed by atoms with Crippen molar-refractivity contribution in [3.8, 4) is 0 Å². The fourth-order valence-corrected chi connectivity index (χ4v) is 1.61. The van der Waals surface area contributed by atoms with Gasteiger partial charge in [0.2, 0.25) is 0 Å². The Morgan fingerprint density at radius 1 is 1.11 bits per heavy atom. The van der Waals surface area contributed by atoms with E-state index in [1.165, 1.54) is 29.3 Å². The van der Waals surface area contributed by atoms with Crippen molar-refractivity contribution in [1.82, 2.24) is 24.5 Å². The summed E-state index contributed by atoms with van der Waals surface area (Å²) >= 11 is 0. The van der Waals surface area contributed by atoms with E-state index in [1.807, 2.05) is 13.8 Å². The topological polar surface area (TPSA) is 82.7 Å². The molecule has 7 heteroatoms. The van der Waals surface area contributed by atoms with Crippen LogP contribution >= 0.6 is 0 Å². The predicted octanol–water partition coefficient (Wildman–Crippen LogP) is 0.0172. The highest BCUT2D eigenvalue weighted by Crippen LogP contribution is 2.17. The molecule has 2 aromatic rings. The van der Waals surface area contributed by atoms with Crippen LogP contribution in [0, 0.1) is 0 Å². The van der Waals surface area contributed by atoms with E-state index in [4.69, 9.17) is 0 Å². The standard InChI is InChI=1S/C11H13N5O2/c1-8(15-6-3-10(17)7-14-15)9(2)16-11(18)12-4-5-13-16/h3-9H,1-2H3. The molecule has 2 rings (SSSR count). The second-order valence-electron chi connectivity index (χ2n) is 3.99. The maximum Gasteiger partial charge on any atom is 0.364 e. The molecule has 0 aliphatic rings. The van der Waals surface area contributed by atoms with Crippen molar-refractivity contribution in [2.75, 3.05) is 0 Å². The zero-order chi connectivity index (χ0) is 13.1. The Balaban J connectivity index is 2.32. The number of aromatic nitrogens is 5. The van der Waals surface area contributed by atoms with Crippen LogP contribution in [0.15, 0.2) is 40.4 Å². The minimum atomic E-state index is -0.405. The molecule has 0 aliphatic heterocycles. The lowest BCUT2D eigenvalue weighted by molar-refractivity contribution is 0.307. The van der Waals surface area contributed by atoms with Crippen molar-refractivity contribution in [2.24, 2.45) is 0 Å². The Morgan fingerprint density at radius 2 is 1.89 bits per heavy atom. The summed E-state index contributed by atoms with van der Waals surface area (Å²) in [4.78, 5) is 26.2. The van der Waals surface area contributed by atoms with Crippen LogP contribution in [0.2, 0.25) is 0 Å². The SMILES string of the molecule is CC(C(C)n1nccnc1=O)n1ccc(=O)cn1. The summed E-state index contributed by atoms with van der Waals surface area (Å²) in [6.45, 7) is 3.74. The van der Waals surface area contributed by atoms with Crippen LogP contribution in [0.5, 0.6) is 0 Å². The molecular weight excluding hydrogens is 234 g/mol. The van der Waals surface area contributed by atoms with E-state index in [0.717, 1.165) is 0 Å². The van der Waals surface area contributed by atoms with Crippen LogP contribution in [0.3, 0.4) is 0 Å². The van der Waals surface area contributed by atoms with Gasteiger partial charge in [0.05, 0.1) is 30.7 Å². The fourth-order valence-electron chi connectivity index (χ4n) is 1.61. The van der Waals surface area contributed by atoms with Gasteiger partial charge in [-0.3, -0.25) is 9.48 Å². The third kappa shape index (κ3) is 2.34. The second kappa shape index (κ2) is 4.91. The van der Waals surface area contributed by atoms with Gasteiger partial charge in [0.15, 0.2) is 5.43 Å². The quantitative estimate of drug-likeness (QED) is 0.763. The molecule has 0 saturated heterocycles. The largest absolute Gasteiger partial charge is 0.364 e. The van der Waals surface area contributed by atoms with Crippen molar-refractivity contribution >= 4 is 0 Å². The Morgan fingerprint density at radius 3 is 2.50 bits per heavy atom. The molecule has 7 nitrogen and oxygen atoms in total. The van der Waals surface area contributed by atoms with E-state index in [9.17, 15) is 9.59 Å². The minimum Gasteiger partial charge on any atom is -0.288 e. The second-order valence-corrected chi connectivity index (χ2v) is 3.99. The molecule has 0 radical (unpaired) electrons. The molecule has 2 aromatic heterocycles. The van der Waals surface area contributed by atoms with Crippen molar-refractivity contribution in [1.29, 1.82) is 0 Å². The third-order valence-corrected chi connectivity index (χ3v) is 2.85. The molecule has 0 spiro atoms. The lowest BCUT2D eigenvalue weighted by Gasteiger charge is -2.21. The van der Waals surface area contributed by atoms with Gasteiger partial charge in [0, 0.05) is 12.3 Å². The van der Waals surface area contributed by atoms with Crippen molar-refractivity contribution in [2.45, 2.75) is 25.9 Å². The van der Waals surface area contributed by atoms with Crippen molar-refractivity contribution < 1.29 is 0 Å². The van der Waals surface area contributed by atoms with E-state index >= 15 is 0 Å². The van der Waals surface area contributed by atoms with Crippen LogP contribution in [-0.2, 0) is 0 Å². The fraction of sp³-hybridized carbons (Fsp3) is 0.364. The van der Waals surface area contributed by atoms with Crippen LogP contribution in [0.4, 0.5) is 0 Å². The first kappa shape index (κ1) is 12.2. The van der Waals surface area contributed by atoms with Gasteiger partial charge >= 0.3 is 5.69 Å². The van der Waals surface area contributed by atoms with Crippen LogP contribution in [-0.4, -0.2) is 24.5 Å². The summed E-state index contributed by atoms with van der Waals surface area (Å²) in [5.74, 6) is 0. The van der Waals surface area contributed by atoms with Gasteiger partial charge in [-0.25, -0.2) is 9.48 Å². The van der Waals surface area contributed by atoms with Gasteiger partial charge in [-0.2, -0.15) is 15.2 Å². The van der Waals surface area contributed by atoms with Gasteiger partial charge in [-0.05, 0) is 13.8 Å².